The van der Waals surface area contributed by atoms with Gasteiger partial charge in [0.15, 0.2) is 0 Å². The summed E-state index contributed by atoms with van der Waals surface area (Å²) in [5, 5.41) is 7.49. The van der Waals surface area contributed by atoms with E-state index in [1.54, 1.807) is 7.11 Å². The van der Waals surface area contributed by atoms with E-state index in [-0.39, 0.29) is 0 Å². The van der Waals surface area contributed by atoms with Crippen LogP contribution in [0.15, 0.2) is 4.52 Å². The molecule has 2 heterocycles. The molecule has 0 aliphatic carbocycles. The number of aromatic nitrogens is 2. The second-order valence-corrected chi connectivity index (χ2v) is 5.10. The van der Waals surface area contributed by atoms with Gasteiger partial charge in [-0.3, -0.25) is 0 Å². The van der Waals surface area contributed by atoms with Crippen molar-refractivity contribution in [3.63, 3.8) is 0 Å². The van der Waals surface area contributed by atoms with Gasteiger partial charge < -0.3 is 14.6 Å². The maximum atomic E-state index is 5.62. The van der Waals surface area contributed by atoms with Gasteiger partial charge in [0.2, 0.25) is 11.7 Å². The molecular weight excluding hydrogens is 230 g/mol. The first-order valence-electron chi connectivity index (χ1n) is 6.76. The van der Waals surface area contributed by atoms with E-state index < -0.39 is 5.60 Å². The number of methoxy groups -OCH3 is 1. The van der Waals surface area contributed by atoms with Crippen LogP contribution in [-0.4, -0.2) is 30.3 Å². The van der Waals surface area contributed by atoms with Crippen molar-refractivity contribution in [2.75, 3.05) is 20.2 Å². The minimum Gasteiger partial charge on any atom is -0.370 e. The Labute approximate surface area is 108 Å². The number of nitrogens with one attached hydrogen (secondary N) is 1. The fourth-order valence-corrected chi connectivity index (χ4v) is 2.66. The molecule has 0 unspecified atom stereocenters. The molecule has 1 aliphatic rings. The molecule has 102 valence electrons. The van der Waals surface area contributed by atoms with Gasteiger partial charge in [0.25, 0.3) is 0 Å². The van der Waals surface area contributed by atoms with E-state index in [1.807, 2.05) is 0 Å². The summed E-state index contributed by atoms with van der Waals surface area (Å²) in [7, 11) is 1.71. The van der Waals surface area contributed by atoms with E-state index in [4.69, 9.17) is 9.26 Å². The van der Waals surface area contributed by atoms with E-state index in [0.29, 0.717) is 17.7 Å². The van der Waals surface area contributed by atoms with Crippen molar-refractivity contribution in [1.29, 1.82) is 0 Å². The number of ether oxygens (including phenoxy) is 1. The van der Waals surface area contributed by atoms with Crippen molar-refractivity contribution < 1.29 is 9.26 Å². The van der Waals surface area contributed by atoms with Gasteiger partial charge in [-0.05, 0) is 25.3 Å². The van der Waals surface area contributed by atoms with Gasteiger partial charge in [0, 0.05) is 13.7 Å². The topological polar surface area (TPSA) is 60.2 Å². The van der Waals surface area contributed by atoms with Crippen LogP contribution in [0.3, 0.4) is 0 Å². The SMILES string of the molecule is CCC(CC)(OC)c1noc([C@@H]2CNC[C@H]2C)n1. The van der Waals surface area contributed by atoms with Crippen LogP contribution in [0.2, 0.25) is 0 Å². The molecule has 2 rings (SSSR count). The number of nitrogens with zero attached hydrogens (tertiary/aromatic N) is 2. The predicted octanol–water partition coefficient (Wildman–Crippen LogP) is 2.05. The molecule has 18 heavy (non-hydrogen) atoms. The van der Waals surface area contributed by atoms with E-state index in [1.165, 1.54) is 0 Å². The minimum atomic E-state index is -0.406. The molecular formula is C13H23N3O2. The van der Waals surface area contributed by atoms with Gasteiger partial charge in [-0.25, -0.2) is 0 Å². The summed E-state index contributed by atoms with van der Waals surface area (Å²) in [5.74, 6) is 2.29. The van der Waals surface area contributed by atoms with Gasteiger partial charge in [-0.2, -0.15) is 4.98 Å². The van der Waals surface area contributed by atoms with Crippen molar-refractivity contribution in [3.8, 4) is 0 Å². The fourth-order valence-electron chi connectivity index (χ4n) is 2.66. The summed E-state index contributed by atoms with van der Waals surface area (Å²) in [6, 6.07) is 0. The van der Waals surface area contributed by atoms with Gasteiger partial charge in [-0.15, -0.1) is 0 Å². The first-order valence-corrected chi connectivity index (χ1v) is 6.76. The summed E-state index contributed by atoms with van der Waals surface area (Å²) in [6.07, 6.45) is 1.69. The van der Waals surface area contributed by atoms with Crippen LogP contribution in [0.25, 0.3) is 0 Å². The molecule has 0 amide bonds. The maximum absolute atomic E-state index is 5.62. The first-order chi connectivity index (χ1) is 8.66. The maximum Gasteiger partial charge on any atom is 0.231 e. The smallest absolute Gasteiger partial charge is 0.231 e. The Bertz CT molecular complexity index is 379. The Morgan fingerprint density at radius 2 is 2.11 bits per heavy atom. The molecule has 1 N–H and O–H groups in total. The zero-order chi connectivity index (χ0) is 13.2. The zero-order valence-corrected chi connectivity index (χ0v) is 11.7. The first kappa shape index (κ1) is 13.5. The summed E-state index contributed by atoms with van der Waals surface area (Å²) in [5.41, 5.74) is -0.406. The monoisotopic (exact) mass is 253 g/mol. The summed E-state index contributed by atoms with van der Waals surface area (Å²) in [4.78, 5) is 4.58. The molecule has 1 saturated heterocycles. The van der Waals surface area contributed by atoms with E-state index in [9.17, 15) is 0 Å². The molecule has 0 spiro atoms. The van der Waals surface area contributed by atoms with E-state index >= 15 is 0 Å². The van der Waals surface area contributed by atoms with E-state index in [0.717, 1.165) is 31.8 Å². The molecule has 1 aliphatic heterocycles. The van der Waals surface area contributed by atoms with Crippen molar-refractivity contribution in [3.05, 3.63) is 11.7 Å². The molecule has 5 heteroatoms. The highest BCUT2D eigenvalue weighted by Crippen LogP contribution is 2.33. The van der Waals surface area contributed by atoms with Gasteiger partial charge in [0.1, 0.15) is 5.60 Å². The Balaban J connectivity index is 2.24. The van der Waals surface area contributed by atoms with Crippen LogP contribution < -0.4 is 5.32 Å². The largest absolute Gasteiger partial charge is 0.370 e. The Morgan fingerprint density at radius 1 is 1.39 bits per heavy atom. The molecule has 0 aromatic carbocycles. The van der Waals surface area contributed by atoms with Gasteiger partial charge >= 0.3 is 0 Å². The van der Waals surface area contributed by atoms with Crippen LogP contribution in [-0.2, 0) is 10.3 Å². The highest BCUT2D eigenvalue weighted by atomic mass is 16.5. The lowest BCUT2D eigenvalue weighted by Crippen LogP contribution is -2.28. The highest BCUT2D eigenvalue weighted by Gasteiger charge is 2.36. The fraction of sp³-hybridized carbons (Fsp3) is 0.846. The second kappa shape index (κ2) is 5.36. The Hall–Kier alpha value is -0.940. The van der Waals surface area contributed by atoms with Crippen LogP contribution in [0.5, 0.6) is 0 Å². The van der Waals surface area contributed by atoms with Crippen LogP contribution in [0, 0.1) is 5.92 Å². The van der Waals surface area contributed by atoms with Crippen molar-refractivity contribution in [2.24, 2.45) is 5.92 Å². The summed E-state index contributed by atoms with van der Waals surface area (Å²) < 4.78 is 11.1. The highest BCUT2D eigenvalue weighted by molar-refractivity contribution is 5.06. The molecule has 5 nitrogen and oxygen atoms in total. The molecule has 0 radical (unpaired) electrons. The third-order valence-electron chi connectivity index (χ3n) is 4.22. The number of hydrogen-bond donors (Lipinski definition) is 1. The lowest BCUT2D eigenvalue weighted by Gasteiger charge is -2.25. The average Bonchev–Trinajstić information content (AvgIpc) is 3.01. The summed E-state index contributed by atoms with van der Waals surface area (Å²) in [6.45, 7) is 8.31. The molecule has 2 atom stereocenters. The zero-order valence-electron chi connectivity index (χ0n) is 11.7. The lowest BCUT2D eigenvalue weighted by atomic mass is 9.95. The molecule has 1 aromatic rings. The molecule has 0 bridgehead atoms. The third kappa shape index (κ3) is 2.17. The summed E-state index contributed by atoms with van der Waals surface area (Å²) >= 11 is 0. The molecule has 0 saturated carbocycles. The minimum absolute atomic E-state index is 0.328. The van der Waals surface area contributed by atoms with Crippen LogP contribution in [0.1, 0.15) is 51.2 Å². The van der Waals surface area contributed by atoms with Crippen molar-refractivity contribution in [2.45, 2.75) is 45.1 Å². The second-order valence-electron chi connectivity index (χ2n) is 5.10. The van der Waals surface area contributed by atoms with Gasteiger partial charge in [-0.1, -0.05) is 25.9 Å². The number of hydrogen-bond acceptors (Lipinski definition) is 5. The van der Waals surface area contributed by atoms with E-state index in [2.05, 4.69) is 36.2 Å². The van der Waals surface area contributed by atoms with Crippen LogP contribution in [0.4, 0.5) is 0 Å². The van der Waals surface area contributed by atoms with Crippen molar-refractivity contribution in [1.82, 2.24) is 15.5 Å². The standard InChI is InChI=1S/C13H23N3O2/c1-5-13(6-2,17-4)12-15-11(18-16-12)10-8-14-7-9(10)3/h9-10,14H,5-8H2,1-4H3/t9-,10-/m1/s1. The Morgan fingerprint density at radius 3 is 2.61 bits per heavy atom. The van der Waals surface area contributed by atoms with Crippen molar-refractivity contribution >= 4 is 0 Å². The van der Waals surface area contributed by atoms with Crippen LogP contribution >= 0.6 is 0 Å². The quantitative estimate of drug-likeness (QED) is 0.870. The third-order valence-corrected chi connectivity index (χ3v) is 4.22. The van der Waals surface area contributed by atoms with Gasteiger partial charge in [0.05, 0.1) is 5.92 Å². The normalized spacial score (nSPS) is 24.7. The predicted molar refractivity (Wildman–Crippen MR) is 68.3 cm³/mol. The Kier molecular flexibility index (Phi) is 4.02. The average molecular weight is 253 g/mol. The number of rotatable bonds is 5. The molecule has 1 fully saturated rings. The lowest BCUT2D eigenvalue weighted by molar-refractivity contribution is -0.0306. The molecule has 1 aromatic heterocycles.